The Morgan fingerprint density at radius 1 is 0.950 bits per heavy atom. The molecular weight excluding hydrogens is 317 g/mol. The van der Waals surface area contributed by atoms with Gasteiger partial charge in [0.25, 0.3) is 0 Å². The zero-order chi connectivity index (χ0) is 14.5. The third kappa shape index (κ3) is 3.80. The van der Waals surface area contributed by atoms with Crippen LogP contribution < -0.4 is 10.5 Å². The molecule has 0 aliphatic carbocycles. The average molecular weight is 331 g/mol. The van der Waals surface area contributed by atoms with Crippen molar-refractivity contribution in [2.24, 2.45) is 5.73 Å². The highest BCUT2D eigenvalue weighted by Gasteiger charge is 2.08. The first-order valence-corrected chi connectivity index (χ1v) is 7.29. The van der Waals surface area contributed by atoms with Crippen LogP contribution in [0.4, 0.5) is 0 Å². The molecule has 0 aliphatic heterocycles. The first-order chi connectivity index (χ1) is 9.61. The molecule has 0 amide bonds. The molecule has 5 heteroatoms. The Bertz CT molecular complexity index is 581. The molecular formula is C15H14Cl3NO. The SMILES string of the molecule is NCCc1ccc(OCc2c(Cl)cccc2Cl)c(Cl)c1. The molecule has 0 radical (unpaired) electrons. The fourth-order valence-electron chi connectivity index (χ4n) is 1.80. The molecule has 0 atom stereocenters. The Kier molecular flexibility index (Phi) is 5.55. The Morgan fingerprint density at radius 3 is 2.25 bits per heavy atom. The lowest BCUT2D eigenvalue weighted by molar-refractivity contribution is 0.306. The second-order valence-corrected chi connectivity index (χ2v) is 5.51. The third-order valence-electron chi connectivity index (χ3n) is 2.86. The minimum absolute atomic E-state index is 0.272. The van der Waals surface area contributed by atoms with Gasteiger partial charge >= 0.3 is 0 Å². The van der Waals surface area contributed by atoms with Crippen LogP contribution in [0.1, 0.15) is 11.1 Å². The van der Waals surface area contributed by atoms with Crippen LogP contribution in [0.15, 0.2) is 36.4 Å². The van der Waals surface area contributed by atoms with Crippen LogP contribution in [0.5, 0.6) is 5.75 Å². The van der Waals surface area contributed by atoms with Crippen molar-refractivity contribution in [3.8, 4) is 5.75 Å². The Balaban J connectivity index is 2.11. The van der Waals surface area contributed by atoms with E-state index in [9.17, 15) is 0 Å². The fraction of sp³-hybridized carbons (Fsp3) is 0.200. The summed E-state index contributed by atoms with van der Waals surface area (Å²) >= 11 is 18.4. The van der Waals surface area contributed by atoms with Gasteiger partial charge in [-0.15, -0.1) is 0 Å². The number of rotatable bonds is 5. The monoisotopic (exact) mass is 329 g/mol. The van der Waals surface area contributed by atoms with Gasteiger partial charge in [0.15, 0.2) is 0 Å². The normalized spacial score (nSPS) is 10.6. The largest absolute Gasteiger partial charge is 0.487 e. The Hall–Kier alpha value is -0.930. The van der Waals surface area contributed by atoms with E-state index in [1.165, 1.54) is 0 Å². The van der Waals surface area contributed by atoms with Crippen LogP contribution in [-0.4, -0.2) is 6.54 Å². The van der Waals surface area contributed by atoms with Crippen LogP contribution in [0.3, 0.4) is 0 Å². The topological polar surface area (TPSA) is 35.2 Å². The van der Waals surface area contributed by atoms with Crippen LogP contribution in [0.2, 0.25) is 15.1 Å². The first-order valence-electron chi connectivity index (χ1n) is 6.16. The van der Waals surface area contributed by atoms with Gasteiger partial charge in [-0.25, -0.2) is 0 Å². The van der Waals surface area contributed by atoms with Crippen molar-refractivity contribution < 1.29 is 4.74 Å². The summed E-state index contributed by atoms with van der Waals surface area (Å²) in [4.78, 5) is 0. The summed E-state index contributed by atoms with van der Waals surface area (Å²) in [6.45, 7) is 0.861. The summed E-state index contributed by atoms with van der Waals surface area (Å²) < 4.78 is 5.69. The summed E-state index contributed by atoms with van der Waals surface area (Å²) in [7, 11) is 0. The summed E-state index contributed by atoms with van der Waals surface area (Å²) in [5, 5.41) is 1.71. The minimum Gasteiger partial charge on any atom is -0.487 e. The molecule has 2 aromatic carbocycles. The van der Waals surface area contributed by atoms with Crippen molar-refractivity contribution in [3.63, 3.8) is 0 Å². The summed E-state index contributed by atoms with van der Waals surface area (Å²) in [6.07, 6.45) is 0.788. The lowest BCUT2D eigenvalue weighted by atomic mass is 10.1. The summed E-state index contributed by atoms with van der Waals surface area (Å²) in [5.74, 6) is 0.600. The zero-order valence-corrected chi connectivity index (χ0v) is 13.0. The van der Waals surface area contributed by atoms with Gasteiger partial charge < -0.3 is 10.5 Å². The quantitative estimate of drug-likeness (QED) is 0.860. The molecule has 106 valence electrons. The molecule has 0 fully saturated rings. The molecule has 2 N–H and O–H groups in total. The van der Waals surface area contributed by atoms with Gasteiger partial charge in [0.05, 0.1) is 5.02 Å². The molecule has 2 aromatic rings. The molecule has 0 saturated heterocycles. The van der Waals surface area contributed by atoms with E-state index in [2.05, 4.69) is 0 Å². The van der Waals surface area contributed by atoms with E-state index in [-0.39, 0.29) is 6.61 Å². The fourth-order valence-corrected chi connectivity index (χ4v) is 2.57. The van der Waals surface area contributed by atoms with Gasteiger partial charge in [-0.3, -0.25) is 0 Å². The van der Waals surface area contributed by atoms with E-state index < -0.39 is 0 Å². The zero-order valence-electron chi connectivity index (χ0n) is 10.7. The molecule has 0 spiro atoms. The van der Waals surface area contributed by atoms with E-state index in [0.717, 1.165) is 17.5 Å². The second-order valence-electron chi connectivity index (χ2n) is 4.29. The van der Waals surface area contributed by atoms with Crippen molar-refractivity contribution in [3.05, 3.63) is 62.6 Å². The maximum Gasteiger partial charge on any atom is 0.138 e. The molecule has 0 bridgehead atoms. The van der Waals surface area contributed by atoms with Crippen molar-refractivity contribution >= 4 is 34.8 Å². The highest BCUT2D eigenvalue weighted by molar-refractivity contribution is 6.36. The summed E-state index contributed by atoms with van der Waals surface area (Å²) in [5.41, 5.74) is 7.34. The lowest BCUT2D eigenvalue weighted by Crippen LogP contribution is -2.03. The molecule has 0 unspecified atom stereocenters. The van der Waals surface area contributed by atoms with Crippen molar-refractivity contribution in [1.82, 2.24) is 0 Å². The molecule has 20 heavy (non-hydrogen) atoms. The lowest BCUT2D eigenvalue weighted by Gasteiger charge is -2.11. The van der Waals surface area contributed by atoms with Crippen LogP contribution in [0, 0.1) is 0 Å². The van der Waals surface area contributed by atoms with Gasteiger partial charge in [-0.2, -0.15) is 0 Å². The molecule has 0 aromatic heterocycles. The maximum atomic E-state index is 6.18. The molecule has 2 rings (SSSR count). The van der Waals surface area contributed by atoms with E-state index in [1.54, 1.807) is 18.2 Å². The van der Waals surface area contributed by atoms with Gasteiger partial charge in [0.2, 0.25) is 0 Å². The standard InChI is InChI=1S/C15H14Cl3NO/c16-12-2-1-3-13(17)11(12)9-20-15-5-4-10(6-7-19)8-14(15)18/h1-5,8H,6-7,9,19H2. The average Bonchev–Trinajstić information content (AvgIpc) is 2.40. The number of halogens is 3. The Labute approximate surface area is 133 Å². The first kappa shape index (κ1) is 15.5. The third-order valence-corrected chi connectivity index (χ3v) is 3.87. The van der Waals surface area contributed by atoms with E-state index >= 15 is 0 Å². The number of nitrogens with two attached hydrogens (primary N) is 1. The maximum absolute atomic E-state index is 6.18. The number of hydrogen-bond acceptors (Lipinski definition) is 2. The van der Waals surface area contributed by atoms with Crippen molar-refractivity contribution in [1.29, 1.82) is 0 Å². The number of benzene rings is 2. The van der Waals surface area contributed by atoms with Gasteiger partial charge in [0.1, 0.15) is 12.4 Å². The van der Waals surface area contributed by atoms with Crippen molar-refractivity contribution in [2.75, 3.05) is 6.54 Å². The summed E-state index contributed by atoms with van der Waals surface area (Å²) in [6, 6.07) is 11.0. The molecule has 0 saturated carbocycles. The Morgan fingerprint density at radius 2 is 1.65 bits per heavy atom. The number of ether oxygens (including phenoxy) is 1. The van der Waals surface area contributed by atoms with Crippen LogP contribution in [-0.2, 0) is 13.0 Å². The number of hydrogen-bond donors (Lipinski definition) is 1. The highest BCUT2D eigenvalue weighted by atomic mass is 35.5. The second kappa shape index (κ2) is 7.19. The molecule has 0 aliphatic rings. The van der Waals surface area contributed by atoms with Crippen LogP contribution in [0.25, 0.3) is 0 Å². The van der Waals surface area contributed by atoms with Gasteiger partial charge in [-0.05, 0) is 42.8 Å². The predicted molar refractivity (Wildman–Crippen MR) is 85.0 cm³/mol. The van der Waals surface area contributed by atoms with Crippen molar-refractivity contribution in [2.45, 2.75) is 13.0 Å². The predicted octanol–water partition coefficient (Wildman–Crippen LogP) is 4.73. The van der Waals surface area contributed by atoms with Gasteiger partial charge in [0, 0.05) is 15.6 Å². The van der Waals surface area contributed by atoms with Gasteiger partial charge in [-0.1, -0.05) is 46.9 Å². The van der Waals surface area contributed by atoms with E-state index in [4.69, 9.17) is 45.3 Å². The minimum atomic E-state index is 0.272. The molecule has 2 nitrogen and oxygen atoms in total. The van der Waals surface area contributed by atoms with Crippen LogP contribution >= 0.6 is 34.8 Å². The highest BCUT2D eigenvalue weighted by Crippen LogP contribution is 2.29. The smallest absolute Gasteiger partial charge is 0.138 e. The van der Waals surface area contributed by atoms with E-state index in [1.807, 2.05) is 18.2 Å². The molecule has 0 heterocycles. The van der Waals surface area contributed by atoms with E-state index in [0.29, 0.717) is 27.4 Å².